The highest BCUT2D eigenvalue weighted by atomic mass is 32.2. The Morgan fingerprint density at radius 2 is 2.25 bits per heavy atom. The second-order valence-corrected chi connectivity index (χ2v) is 8.07. The maximum atomic E-state index is 12.1. The van der Waals surface area contributed by atoms with Gasteiger partial charge in [0.15, 0.2) is 8.68 Å². The molecule has 1 aromatic heterocycles. The number of hydrogen-bond donors (Lipinski definition) is 1. The molecular weight excluding hydrogens is 316 g/mol. The maximum absolute atomic E-state index is 12.1. The molecule has 6 nitrogen and oxygen atoms in total. The number of hydrogen-bond acceptors (Lipinski definition) is 7. The molecule has 1 N–H and O–H groups in total. The van der Waals surface area contributed by atoms with Gasteiger partial charge in [-0.05, 0) is 13.3 Å². The molecule has 0 aliphatic carbocycles. The Morgan fingerprint density at radius 1 is 1.50 bits per heavy atom. The Bertz CT molecular complexity index is 494. The van der Waals surface area contributed by atoms with Crippen LogP contribution in [-0.4, -0.2) is 51.1 Å². The monoisotopic (exact) mass is 332 g/mol. The quantitative estimate of drug-likeness (QED) is 0.804. The van der Waals surface area contributed by atoms with Crippen LogP contribution in [0.15, 0.2) is 8.68 Å². The summed E-state index contributed by atoms with van der Waals surface area (Å²) in [6.45, 7) is 4.87. The SMILES string of the molecule is CCCSc1nnc(S[C@@H](C)C(=O)N2CCNC2=O)s1. The van der Waals surface area contributed by atoms with Crippen molar-refractivity contribution in [3.63, 3.8) is 0 Å². The van der Waals surface area contributed by atoms with Crippen molar-refractivity contribution in [2.45, 2.75) is 34.2 Å². The highest BCUT2D eigenvalue weighted by Crippen LogP contribution is 2.32. The van der Waals surface area contributed by atoms with Gasteiger partial charge >= 0.3 is 6.03 Å². The van der Waals surface area contributed by atoms with Gasteiger partial charge in [0.25, 0.3) is 0 Å². The number of carbonyl (C=O) groups is 2. The summed E-state index contributed by atoms with van der Waals surface area (Å²) in [6.07, 6.45) is 1.09. The van der Waals surface area contributed by atoms with Gasteiger partial charge in [0.1, 0.15) is 0 Å². The summed E-state index contributed by atoms with van der Waals surface area (Å²) in [6, 6.07) is -0.307. The normalized spacial score (nSPS) is 16.3. The van der Waals surface area contributed by atoms with Crippen molar-refractivity contribution in [2.24, 2.45) is 0 Å². The van der Waals surface area contributed by atoms with Gasteiger partial charge in [-0.3, -0.25) is 9.69 Å². The third kappa shape index (κ3) is 3.86. The van der Waals surface area contributed by atoms with Crippen molar-refractivity contribution in [1.82, 2.24) is 20.4 Å². The van der Waals surface area contributed by atoms with Crippen LogP contribution in [-0.2, 0) is 4.79 Å². The zero-order valence-corrected chi connectivity index (χ0v) is 13.7. The first kappa shape index (κ1) is 15.6. The summed E-state index contributed by atoms with van der Waals surface area (Å²) in [5, 5.41) is 10.4. The molecule has 110 valence electrons. The minimum Gasteiger partial charge on any atom is -0.336 e. The van der Waals surface area contributed by atoms with Crippen LogP contribution in [0.3, 0.4) is 0 Å². The number of aromatic nitrogens is 2. The second-order valence-electron chi connectivity index (χ2n) is 4.16. The molecule has 1 aliphatic rings. The number of urea groups is 1. The molecule has 3 amide bonds. The summed E-state index contributed by atoms with van der Waals surface area (Å²) in [5.74, 6) is 0.838. The average molecular weight is 332 g/mol. The van der Waals surface area contributed by atoms with Crippen LogP contribution in [0, 0.1) is 0 Å². The van der Waals surface area contributed by atoms with Gasteiger partial charge in [-0.15, -0.1) is 10.2 Å². The fourth-order valence-corrected chi connectivity index (χ4v) is 4.75. The Balaban J connectivity index is 1.90. The van der Waals surface area contributed by atoms with E-state index in [0.717, 1.165) is 20.9 Å². The van der Waals surface area contributed by atoms with E-state index in [1.807, 2.05) is 0 Å². The number of amides is 3. The average Bonchev–Trinajstić information content (AvgIpc) is 3.04. The molecule has 1 fully saturated rings. The molecule has 0 saturated carbocycles. The van der Waals surface area contributed by atoms with E-state index in [9.17, 15) is 9.59 Å². The van der Waals surface area contributed by atoms with Crippen molar-refractivity contribution in [2.75, 3.05) is 18.8 Å². The Kier molecular flexibility index (Phi) is 5.67. The van der Waals surface area contributed by atoms with Gasteiger partial charge in [0, 0.05) is 18.8 Å². The van der Waals surface area contributed by atoms with Gasteiger partial charge in [0.2, 0.25) is 5.91 Å². The lowest BCUT2D eigenvalue weighted by atomic mass is 10.4. The smallest absolute Gasteiger partial charge is 0.324 e. The predicted molar refractivity (Wildman–Crippen MR) is 81.4 cm³/mol. The van der Waals surface area contributed by atoms with Gasteiger partial charge in [0.05, 0.1) is 5.25 Å². The van der Waals surface area contributed by atoms with Gasteiger partial charge in [-0.25, -0.2) is 4.79 Å². The number of nitrogens with zero attached hydrogens (tertiary/aromatic N) is 3. The summed E-state index contributed by atoms with van der Waals surface area (Å²) in [5.41, 5.74) is 0. The summed E-state index contributed by atoms with van der Waals surface area (Å²) >= 11 is 4.52. The maximum Gasteiger partial charge on any atom is 0.324 e. The number of nitrogens with one attached hydrogen (secondary N) is 1. The minimum absolute atomic E-state index is 0.178. The van der Waals surface area contributed by atoms with E-state index >= 15 is 0 Å². The number of rotatable bonds is 6. The molecule has 0 bridgehead atoms. The molecule has 0 aromatic carbocycles. The van der Waals surface area contributed by atoms with Gasteiger partial charge in [-0.1, -0.05) is 41.8 Å². The zero-order chi connectivity index (χ0) is 14.5. The largest absolute Gasteiger partial charge is 0.336 e. The van der Waals surface area contributed by atoms with Crippen molar-refractivity contribution in [1.29, 1.82) is 0 Å². The molecule has 1 aliphatic heterocycles. The fraction of sp³-hybridized carbons (Fsp3) is 0.636. The van der Waals surface area contributed by atoms with E-state index in [2.05, 4.69) is 22.4 Å². The second kappa shape index (κ2) is 7.28. The highest BCUT2D eigenvalue weighted by Gasteiger charge is 2.30. The van der Waals surface area contributed by atoms with Crippen molar-refractivity contribution in [3.8, 4) is 0 Å². The Labute approximate surface area is 130 Å². The van der Waals surface area contributed by atoms with Crippen molar-refractivity contribution >= 4 is 46.8 Å². The van der Waals surface area contributed by atoms with Crippen LogP contribution in [0.25, 0.3) is 0 Å². The molecule has 1 saturated heterocycles. The number of carbonyl (C=O) groups excluding carboxylic acids is 2. The van der Waals surface area contributed by atoms with Crippen LogP contribution in [0.5, 0.6) is 0 Å². The van der Waals surface area contributed by atoms with Crippen LogP contribution >= 0.6 is 34.9 Å². The lowest BCUT2D eigenvalue weighted by Gasteiger charge is -2.16. The van der Waals surface area contributed by atoms with E-state index in [4.69, 9.17) is 0 Å². The van der Waals surface area contributed by atoms with Crippen LogP contribution in [0.1, 0.15) is 20.3 Å². The van der Waals surface area contributed by atoms with Crippen LogP contribution < -0.4 is 5.32 Å². The number of thioether (sulfide) groups is 2. The number of imide groups is 1. The van der Waals surface area contributed by atoms with Gasteiger partial charge in [-0.2, -0.15) is 0 Å². The van der Waals surface area contributed by atoms with Crippen molar-refractivity contribution < 1.29 is 9.59 Å². The van der Waals surface area contributed by atoms with E-state index in [0.29, 0.717) is 13.1 Å². The van der Waals surface area contributed by atoms with E-state index in [1.165, 1.54) is 28.0 Å². The minimum atomic E-state index is -0.337. The third-order valence-electron chi connectivity index (χ3n) is 2.57. The van der Waals surface area contributed by atoms with Crippen LogP contribution in [0.4, 0.5) is 4.79 Å². The first-order chi connectivity index (χ1) is 9.61. The summed E-state index contributed by atoms with van der Waals surface area (Å²) in [4.78, 5) is 24.8. The molecule has 0 spiro atoms. The fourth-order valence-electron chi connectivity index (χ4n) is 1.60. The Hall–Kier alpha value is -0.800. The predicted octanol–water partition coefficient (Wildman–Crippen LogP) is 2.07. The lowest BCUT2D eigenvalue weighted by molar-refractivity contribution is -0.126. The molecule has 2 rings (SSSR count). The van der Waals surface area contributed by atoms with E-state index in [-0.39, 0.29) is 17.2 Å². The molecule has 0 unspecified atom stereocenters. The van der Waals surface area contributed by atoms with E-state index in [1.54, 1.807) is 18.7 Å². The zero-order valence-electron chi connectivity index (χ0n) is 11.3. The van der Waals surface area contributed by atoms with Crippen molar-refractivity contribution in [3.05, 3.63) is 0 Å². The molecular formula is C11H16N4O2S3. The highest BCUT2D eigenvalue weighted by molar-refractivity contribution is 8.03. The third-order valence-corrected chi connectivity index (χ3v) is 6.00. The molecule has 2 heterocycles. The Morgan fingerprint density at radius 3 is 2.90 bits per heavy atom. The van der Waals surface area contributed by atoms with Gasteiger partial charge < -0.3 is 5.32 Å². The molecule has 9 heteroatoms. The summed E-state index contributed by atoms with van der Waals surface area (Å²) in [7, 11) is 0. The first-order valence-electron chi connectivity index (χ1n) is 6.34. The lowest BCUT2D eigenvalue weighted by Crippen LogP contribution is -2.38. The molecule has 1 aromatic rings. The molecule has 1 atom stereocenters. The summed E-state index contributed by atoms with van der Waals surface area (Å²) < 4.78 is 1.69. The standard InChI is InChI=1S/C11H16N4O2S3/c1-3-6-18-10-13-14-11(20-10)19-7(2)8(16)15-5-4-12-9(15)17/h7H,3-6H2,1-2H3,(H,12,17)/t7-/m0/s1. The van der Waals surface area contributed by atoms with E-state index < -0.39 is 0 Å². The first-order valence-corrected chi connectivity index (χ1v) is 9.02. The topological polar surface area (TPSA) is 75.2 Å². The molecule has 0 radical (unpaired) electrons. The van der Waals surface area contributed by atoms with Crippen LogP contribution in [0.2, 0.25) is 0 Å². The molecule has 20 heavy (non-hydrogen) atoms.